The van der Waals surface area contributed by atoms with E-state index in [2.05, 4.69) is 37.0 Å². The number of halogens is 2. The van der Waals surface area contributed by atoms with Gasteiger partial charge in [0.2, 0.25) is 0 Å². The molecule has 1 rings (SSSR count). The average Bonchev–Trinajstić information content (AvgIpc) is 2.10. The number of hydrazone groups is 1. The third kappa shape index (κ3) is 2.99. The zero-order valence-electron chi connectivity index (χ0n) is 7.83. The maximum Gasteiger partial charge on any atom is 0.143 e. The van der Waals surface area contributed by atoms with Gasteiger partial charge in [0.1, 0.15) is 5.75 Å². The van der Waals surface area contributed by atoms with Gasteiger partial charge in [-0.25, -0.2) is 0 Å². The van der Waals surface area contributed by atoms with Crippen LogP contribution in [0.3, 0.4) is 0 Å². The van der Waals surface area contributed by atoms with E-state index < -0.39 is 0 Å². The van der Waals surface area contributed by atoms with Crippen molar-refractivity contribution in [1.82, 2.24) is 5.01 Å². The number of hydrogen-bond donors (Lipinski definition) is 1. The number of benzene rings is 1. The number of nitrogens with zero attached hydrogens (tertiary/aromatic N) is 2. The summed E-state index contributed by atoms with van der Waals surface area (Å²) in [6.07, 6.45) is 1.72. The summed E-state index contributed by atoms with van der Waals surface area (Å²) >= 11 is 6.50. The highest BCUT2D eigenvalue weighted by molar-refractivity contribution is 9.11. The van der Waals surface area contributed by atoms with Crippen molar-refractivity contribution in [2.24, 2.45) is 5.10 Å². The monoisotopic (exact) mass is 320 g/mol. The molecule has 3 nitrogen and oxygen atoms in total. The molecule has 0 radical (unpaired) electrons. The minimum atomic E-state index is 0.201. The van der Waals surface area contributed by atoms with E-state index in [1.54, 1.807) is 23.4 Å². The quantitative estimate of drug-likeness (QED) is 0.671. The Morgan fingerprint density at radius 1 is 1.29 bits per heavy atom. The van der Waals surface area contributed by atoms with E-state index in [4.69, 9.17) is 0 Å². The summed E-state index contributed by atoms with van der Waals surface area (Å²) in [4.78, 5) is 0. The van der Waals surface area contributed by atoms with Crippen LogP contribution >= 0.6 is 31.9 Å². The van der Waals surface area contributed by atoms with Gasteiger partial charge < -0.3 is 10.1 Å². The molecule has 0 aliphatic rings. The zero-order chi connectivity index (χ0) is 10.7. The van der Waals surface area contributed by atoms with E-state index in [0.29, 0.717) is 8.95 Å². The number of phenolic OH excluding ortho intramolecular Hbond substituents is 1. The molecule has 76 valence electrons. The second kappa shape index (κ2) is 4.79. The van der Waals surface area contributed by atoms with Gasteiger partial charge in [0.05, 0.1) is 15.2 Å². The van der Waals surface area contributed by atoms with Gasteiger partial charge in [-0.3, -0.25) is 0 Å². The molecule has 1 aromatic carbocycles. The molecule has 0 aromatic heterocycles. The Bertz CT molecular complexity index is 341. The van der Waals surface area contributed by atoms with Gasteiger partial charge in [0.15, 0.2) is 0 Å². The number of aromatic hydroxyl groups is 1. The maximum absolute atomic E-state index is 9.46. The summed E-state index contributed by atoms with van der Waals surface area (Å²) in [5.74, 6) is 0.201. The summed E-state index contributed by atoms with van der Waals surface area (Å²) in [6.45, 7) is 0. The minimum absolute atomic E-state index is 0.201. The smallest absolute Gasteiger partial charge is 0.143 e. The number of hydrogen-bond acceptors (Lipinski definition) is 3. The molecule has 1 N–H and O–H groups in total. The summed E-state index contributed by atoms with van der Waals surface area (Å²) in [5, 5.41) is 15.3. The van der Waals surface area contributed by atoms with Crippen LogP contribution in [-0.4, -0.2) is 30.4 Å². The van der Waals surface area contributed by atoms with Crippen molar-refractivity contribution < 1.29 is 5.11 Å². The molecule has 0 aliphatic heterocycles. The molecule has 5 heteroatoms. The molecular weight excluding hydrogens is 312 g/mol. The molecule has 0 aliphatic carbocycles. The number of phenols is 1. The number of rotatable bonds is 2. The van der Waals surface area contributed by atoms with E-state index in [9.17, 15) is 5.11 Å². The second-order valence-electron chi connectivity index (χ2n) is 2.92. The fourth-order valence-electron chi connectivity index (χ4n) is 0.842. The fourth-order valence-corrected chi connectivity index (χ4v) is 2.06. The van der Waals surface area contributed by atoms with Crippen LogP contribution < -0.4 is 0 Å². The highest BCUT2D eigenvalue weighted by atomic mass is 79.9. The van der Waals surface area contributed by atoms with Gasteiger partial charge in [-0.15, -0.1) is 0 Å². The normalized spacial score (nSPS) is 10.9. The van der Waals surface area contributed by atoms with Crippen LogP contribution in [0.4, 0.5) is 0 Å². The van der Waals surface area contributed by atoms with E-state index in [1.165, 1.54) is 0 Å². The Hall–Kier alpha value is -0.550. The third-order valence-corrected chi connectivity index (χ3v) is 2.69. The second-order valence-corrected chi connectivity index (χ2v) is 4.63. The molecule has 0 saturated heterocycles. The molecule has 0 unspecified atom stereocenters. The molecule has 0 bridgehead atoms. The lowest BCUT2D eigenvalue weighted by molar-refractivity contribution is 0.440. The zero-order valence-corrected chi connectivity index (χ0v) is 11.0. The van der Waals surface area contributed by atoms with Gasteiger partial charge in [0.25, 0.3) is 0 Å². The van der Waals surface area contributed by atoms with E-state index in [-0.39, 0.29) is 5.75 Å². The van der Waals surface area contributed by atoms with E-state index >= 15 is 0 Å². The Labute approximate surface area is 99.7 Å². The van der Waals surface area contributed by atoms with Gasteiger partial charge in [-0.05, 0) is 49.6 Å². The lowest BCUT2D eigenvalue weighted by atomic mass is 10.2. The fraction of sp³-hybridized carbons (Fsp3) is 0.222. The van der Waals surface area contributed by atoms with Crippen molar-refractivity contribution in [2.45, 2.75) is 0 Å². The Balaban J connectivity index is 3.01. The van der Waals surface area contributed by atoms with Crippen LogP contribution in [0.5, 0.6) is 5.75 Å². The van der Waals surface area contributed by atoms with Gasteiger partial charge in [-0.2, -0.15) is 5.10 Å². The standard InChI is InChI=1S/C9H10Br2N2O/c1-13(2)12-5-6-3-7(10)9(14)8(11)4-6/h3-5,14H,1-2H3/b12-5+. The molecule has 0 saturated carbocycles. The van der Waals surface area contributed by atoms with Crippen molar-refractivity contribution in [3.8, 4) is 5.75 Å². The highest BCUT2D eigenvalue weighted by Gasteiger charge is 2.04. The lowest BCUT2D eigenvalue weighted by Crippen LogP contribution is -2.01. The van der Waals surface area contributed by atoms with Crippen molar-refractivity contribution in [3.05, 3.63) is 26.6 Å². The molecular formula is C9H10Br2N2O. The summed E-state index contributed by atoms with van der Waals surface area (Å²) in [6, 6.07) is 3.60. The average molecular weight is 322 g/mol. The molecule has 0 atom stereocenters. The van der Waals surface area contributed by atoms with Crippen LogP contribution in [0.2, 0.25) is 0 Å². The molecule has 0 spiro atoms. The first kappa shape index (κ1) is 11.5. The first-order valence-corrected chi connectivity index (χ1v) is 5.48. The Morgan fingerprint density at radius 3 is 2.21 bits per heavy atom. The van der Waals surface area contributed by atoms with Gasteiger partial charge in [0, 0.05) is 14.1 Å². The Kier molecular flexibility index (Phi) is 3.95. The predicted octanol–water partition coefficient (Wildman–Crippen LogP) is 2.81. The highest BCUT2D eigenvalue weighted by Crippen LogP contribution is 2.32. The molecule has 1 aromatic rings. The molecule has 0 fully saturated rings. The largest absolute Gasteiger partial charge is 0.506 e. The first-order valence-electron chi connectivity index (χ1n) is 3.90. The van der Waals surface area contributed by atoms with Crippen LogP contribution in [-0.2, 0) is 0 Å². The van der Waals surface area contributed by atoms with Crippen molar-refractivity contribution in [1.29, 1.82) is 0 Å². The van der Waals surface area contributed by atoms with Crippen molar-refractivity contribution in [2.75, 3.05) is 14.1 Å². The maximum atomic E-state index is 9.46. The lowest BCUT2D eigenvalue weighted by Gasteiger charge is -2.04. The van der Waals surface area contributed by atoms with Gasteiger partial charge in [-0.1, -0.05) is 0 Å². The molecule has 0 heterocycles. The molecule has 0 amide bonds. The third-order valence-electron chi connectivity index (χ3n) is 1.48. The summed E-state index contributed by atoms with van der Waals surface area (Å²) < 4.78 is 1.29. The topological polar surface area (TPSA) is 35.8 Å². The summed E-state index contributed by atoms with van der Waals surface area (Å²) in [7, 11) is 3.70. The van der Waals surface area contributed by atoms with E-state index in [0.717, 1.165) is 5.56 Å². The first-order chi connectivity index (χ1) is 6.50. The Morgan fingerprint density at radius 2 is 1.79 bits per heavy atom. The van der Waals surface area contributed by atoms with Crippen LogP contribution in [0.1, 0.15) is 5.56 Å². The van der Waals surface area contributed by atoms with Crippen LogP contribution in [0, 0.1) is 0 Å². The van der Waals surface area contributed by atoms with Crippen molar-refractivity contribution in [3.63, 3.8) is 0 Å². The SMILES string of the molecule is CN(C)/N=C/c1cc(Br)c(O)c(Br)c1. The van der Waals surface area contributed by atoms with Crippen LogP contribution in [0.15, 0.2) is 26.2 Å². The van der Waals surface area contributed by atoms with E-state index in [1.807, 2.05) is 14.1 Å². The predicted molar refractivity (Wildman–Crippen MR) is 64.8 cm³/mol. The summed E-state index contributed by atoms with van der Waals surface area (Å²) in [5.41, 5.74) is 0.912. The minimum Gasteiger partial charge on any atom is -0.506 e. The molecule has 14 heavy (non-hydrogen) atoms. The van der Waals surface area contributed by atoms with Crippen LogP contribution in [0.25, 0.3) is 0 Å². The van der Waals surface area contributed by atoms with Gasteiger partial charge >= 0.3 is 0 Å². The van der Waals surface area contributed by atoms with Crippen molar-refractivity contribution >= 4 is 38.1 Å².